The van der Waals surface area contributed by atoms with Crippen LogP contribution in [0.2, 0.25) is 0 Å². The predicted octanol–water partition coefficient (Wildman–Crippen LogP) is 2.27. The summed E-state index contributed by atoms with van der Waals surface area (Å²) in [6.45, 7) is 4.54. The van der Waals surface area contributed by atoms with Gasteiger partial charge in [-0.3, -0.25) is 9.89 Å². The van der Waals surface area contributed by atoms with Crippen LogP contribution in [0.25, 0.3) is 0 Å². The van der Waals surface area contributed by atoms with Gasteiger partial charge < -0.3 is 5.32 Å². The Morgan fingerprint density at radius 3 is 2.94 bits per heavy atom. The van der Waals surface area contributed by atoms with E-state index in [-0.39, 0.29) is 5.91 Å². The summed E-state index contributed by atoms with van der Waals surface area (Å²) < 4.78 is 0. The first-order chi connectivity index (χ1) is 8.20. The molecular weight excluding hydrogens is 234 g/mol. The first kappa shape index (κ1) is 11.9. The highest BCUT2D eigenvalue weighted by atomic mass is 32.1. The second kappa shape index (κ2) is 5.14. The van der Waals surface area contributed by atoms with Crippen molar-refractivity contribution in [2.45, 2.75) is 26.8 Å². The Bertz CT molecular complexity index is 515. The molecule has 2 heterocycles. The Kier molecular flexibility index (Phi) is 3.58. The molecule has 0 saturated heterocycles. The molecule has 0 aliphatic heterocycles. The van der Waals surface area contributed by atoms with E-state index in [0.717, 1.165) is 22.6 Å². The summed E-state index contributed by atoms with van der Waals surface area (Å²) in [5.41, 5.74) is 2.01. The second-order valence-corrected chi connectivity index (χ2v) is 4.99. The van der Waals surface area contributed by atoms with Crippen LogP contribution in [0.5, 0.6) is 0 Å². The topological polar surface area (TPSA) is 57.8 Å². The maximum Gasteiger partial charge on any atom is 0.261 e. The number of nitrogens with one attached hydrogen (secondary N) is 2. The van der Waals surface area contributed by atoms with Crippen LogP contribution in [0.15, 0.2) is 18.3 Å². The summed E-state index contributed by atoms with van der Waals surface area (Å²) in [6, 6.07) is 3.88. The van der Waals surface area contributed by atoms with Crippen LogP contribution in [-0.2, 0) is 13.0 Å². The number of aromatic nitrogens is 2. The molecule has 0 aromatic carbocycles. The Morgan fingerprint density at radius 2 is 2.35 bits per heavy atom. The van der Waals surface area contributed by atoms with Crippen molar-refractivity contribution < 1.29 is 4.79 Å². The third kappa shape index (κ3) is 2.74. The van der Waals surface area contributed by atoms with Crippen molar-refractivity contribution in [2.75, 3.05) is 0 Å². The number of nitrogens with zero attached hydrogens (tertiary/aromatic N) is 1. The third-order valence-electron chi connectivity index (χ3n) is 2.61. The van der Waals surface area contributed by atoms with E-state index in [1.165, 1.54) is 4.88 Å². The number of aryl methyl sites for hydroxylation is 2. The average Bonchev–Trinajstić information content (AvgIpc) is 2.94. The molecule has 1 amide bonds. The first-order valence-corrected chi connectivity index (χ1v) is 6.38. The zero-order chi connectivity index (χ0) is 12.3. The standard InChI is InChI=1S/C12H15N3OS/c1-3-10-4-5-11(17-10)12(16)13-6-9-7-14-15-8(9)2/h4-5,7H,3,6H2,1-2H3,(H,13,16)(H,14,15). The maximum absolute atomic E-state index is 11.8. The predicted molar refractivity (Wildman–Crippen MR) is 68.2 cm³/mol. The highest BCUT2D eigenvalue weighted by Crippen LogP contribution is 2.16. The minimum atomic E-state index is -0.0182. The van der Waals surface area contributed by atoms with Crippen LogP contribution < -0.4 is 5.32 Å². The Hall–Kier alpha value is -1.62. The smallest absolute Gasteiger partial charge is 0.261 e. The number of hydrogen-bond donors (Lipinski definition) is 2. The molecule has 0 spiro atoms. The van der Waals surface area contributed by atoms with Crippen molar-refractivity contribution >= 4 is 17.2 Å². The maximum atomic E-state index is 11.8. The molecule has 0 unspecified atom stereocenters. The van der Waals surface area contributed by atoms with E-state index in [2.05, 4.69) is 22.4 Å². The van der Waals surface area contributed by atoms with Crippen molar-refractivity contribution in [3.63, 3.8) is 0 Å². The number of carbonyl (C=O) groups excluding carboxylic acids is 1. The summed E-state index contributed by atoms with van der Waals surface area (Å²) in [4.78, 5) is 13.8. The van der Waals surface area contributed by atoms with Gasteiger partial charge in [-0.2, -0.15) is 5.10 Å². The largest absolute Gasteiger partial charge is 0.347 e. The van der Waals surface area contributed by atoms with Gasteiger partial charge in [-0.15, -0.1) is 11.3 Å². The molecule has 0 bridgehead atoms. The van der Waals surface area contributed by atoms with Crippen molar-refractivity contribution in [1.29, 1.82) is 0 Å². The molecule has 0 aliphatic carbocycles. The number of amides is 1. The quantitative estimate of drug-likeness (QED) is 0.873. The third-order valence-corrected chi connectivity index (χ3v) is 3.84. The molecule has 2 rings (SSSR count). The van der Waals surface area contributed by atoms with Crippen LogP contribution in [0, 0.1) is 6.92 Å². The Balaban J connectivity index is 1.95. The van der Waals surface area contributed by atoms with Crippen LogP contribution in [0.3, 0.4) is 0 Å². The van der Waals surface area contributed by atoms with Gasteiger partial charge in [0, 0.05) is 22.7 Å². The molecule has 0 radical (unpaired) electrons. The van der Waals surface area contributed by atoms with E-state index in [0.29, 0.717) is 6.54 Å². The summed E-state index contributed by atoms with van der Waals surface area (Å²) >= 11 is 1.55. The van der Waals surface area contributed by atoms with Gasteiger partial charge in [-0.05, 0) is 25.5 Å². The molecule has 2 N–H and O–H groups in total. The number of rotatable bonds is 4. The van der Waals surface area contributed by atoms with Crippen molar-refractivity contribution in [3.8, 4) is 0 Å². The minimum absolute atomic E-state index is 0.0182. The highest BCUT2D eigenvalue weighted by molar-refractivity contribution is 7.14. The zero-order valence-corrected chi connectivity index (χ0v) is 10.7. The zero-order valence-electron chi connectivity index (χ0n) is 9.91. The molecular formula is C12H15N3OS. The normalized spacial score (nSPS) is 10.5. The van der Waals surface area contributed by atoms with Crippen LogP contribution in [-0.4, -0.2) is 16.1 Å². The molecule has 0 fully saturated rings. The molecule has 0 saturated carbocycles. The molecule has 4 nitrogen and oxygen atoms in total. The van der Waals surface area contributed by atoms with E-state index < -0.39 is 0 Å². The fraction of sp³-hybridized carbons (Fsp3) is 0.333. The van der Waals surface area contributed by atoms with Crippen LogP contribution >= 0.6 is 11.3 Å². The van der Waals surface area contributed by atoms with Crippen molar-refractivity contribution in [2.24, 2.45) is 0 Å². The van der Waals surface area contributed by atoms with E-state index in [1.54, 1.807) is 17.5 Å². The van der Waals surface area contributed by atoms with Gasteiger partial charge in [0.25, 0.3) is 5.91 Å². The molecule has 5 heteroatoms. The molecule has 17 heavy (non-hydrogen) atoms. The number of carbonyl (C=O) groups is 1. The lowest BCUT2D eigenvalue weighted by atomic mass is 10.2. The number of aromatic amines is 1. The van der Waals surface area contributed by atoms with Crippen LogP contribution in [0.1, 0.15) is 32.7 Å². The second-order valence-electron chi connectivity index (χ2n) is 3.82. The Morgan fingerprint density at radius 1 is 1.53 bits per heavy atom. The fourth-order valence-corrected chi connectivity index (χ4v) is 2.37. The van der Waals surface area contributed by atoms with E-state index in [9.17, 15) is 4.79 Å². The molecule has 2 aromatic rings. The first-order valence-electron chi connectivity index (χ1n) is 5.56. The van der Waals surface area contributed by atoms with Gasteiger partial charge in [-0.25, -0.2) is 0 Å². The lowest BCUT2D eigenvalue weighted by Crippen LogP contribution is -2.21. The lowest BCUT2D eigenvalue weighted by molar-refractivity contribution is 0.0955. The Labute approximate surface area is 104 Å². The van der Waals surface area contributed by atoms with Gasteiger partial charge in [0.15, 0.2) is 0 Å². The number of hydrogen-bond acceptors (Lipinski definition) is 3. The van der Waals surface area contributed by atoms with Crippen molar-refractivity contribution in [1.82, 2.24) is 15.5 Å². The van der Waals surface area contributed by atoms with Gasteiger partial charge in [-0.1, -0.05) is 6.92 Å². The molecule has 2 aromatic heterocycles. The van der Waals surface area contributed by atoms with Crippen LogP contribution in [0.4, 0.5) is 0 Å². The van der Waals surface area contributed by atoms with E-state index in [4.69, 9.17) is 0 Å². The number of thiophene rings is 1. The summed E-state index contributed by atoms with van der Waals surface area (Å²) in [7, 11) is 0. The van der Waals surface area contributed by atoms with Gasteiger partial charge in [0.05, 0.1) is 11.1 Å². The summed E-state index contributed by atoms with van der Waals surface area (Å²) in [6.07, 6.45) is 2.71. The highest BCUT2D eigenvalue weighted by Gasteiger charge is 2.09. The summed E-state index contributed by atoms with van der Waals surface area (Å²) in [5.74, 6) is -0.0182. The lowest BCUT2D eigenvalue weighted by Gasteiger charge is -2.02. The summed E-state index contributed by atoms with van der Waals surface area (Å²) in [5, 5.41) is 9.65. The van der Waals surface area contributed by atoms with Crippen molar-refractivity contribution in [3.05, 3.63) is 39.3 Å². The fourth-order valence-electron chi connectivity index (χ4n) is 1.51. The molecule has 0 aliphatic rings. The van der Waals surface area contributed by atoms with Gasteiger partial charge in [0.2, 0.25) is 0 Å². The van der Waals surface area contributed by atoms with E-state index in [1.807, 2.05) is 19.1 Å². The average molecular weight is 249 g/mol. The van der Waals surface area contributed by atoms with Gasteiger partial charge >= 0.3 is 0 Å². The number of H-pyrrole nitrogens is 1. The molecule has 90 valence electrons. The van der Waals surface area contributed by atoms with E-state index >= 15 is 0 Å². The SMILES string of the molecule is CCc1ccc(C(=O)NCc2cn[nH]c2C)s1. The van der Waals surface area contributed by atoms with Gasteiger partial charge in [0.1, 0.15) is 0 Å². The molecule has 0 atom stereocenters. The monoisotopic (exact) mass is 249 g/mol. The minimum Gasteiger partial charge on any atom is -0.347 e.